The van der Waals surface area contributed by atoms with Crippen molar-refractivity contribution in [3.63, 3.8) is 0 Å². The molecule has 0 aromatic carbocycles. The Morgan fingerprint density at radius 1 is 1.35 bits per heavy atom. The smallest absolute Gasteiger partial charge is 0.310 e. The molecule has 2 aliphatic carbocycles. The Hall–Kier alpha value is -3.08. The van der Waals surface area contributed by atoms with E-state index >= 15 is 0 Å². The van der Waals surface area contributed by atoms with E-state index in [1.165, 1.54) is 6.07 Å². The van der Waals surface area contributed by atoms with Gasteiger partial charge in [-0.3, -0.25) is 19.0 Å². The Balaban J connectivity index is 1.69. The lowest BCUT2D eigenvalue weighted by Gasteiger charge is -2.23. The van der Waals surface area contributed by atoms with Crippen LogP contribution in [0.5, 0.6) is 5.88 Å². The first-order chi connectivity index (χ1) is 12.3. The molecule has 8 heteroatoms. The molecular weight excluding hydrogens is 340 g/mol. The summed E-state index contributed by atoms with van der Waals surface area (Å²) in [6, 6.07) is 3.08. The Morgan fingerprint density at radius 3 is 2.62 bits per heavy atom. The molecule has 1 aromatic heterocycles. The average Bonchev–Trinajstić information content (AvgIpc) is 3.18. The number of carboxylic acids is 1. The number of rotatable bonds is 5. The second-order valence-corrected chi connectivity index (χ2v) is 6.63. The standard InChI is InChI=1S/C18H18N2O6/c1-9-6-13(21)20(16(22)12(9)8-19)4-5-26-18(25)15-11-3-2-10(7-11)14(15)17(23)24/h2-3,6,10-11,14-15,21H,4-5,7H2,1H3,(H,23,24). The number of aromatic nitrogens is 1. The van der Waals surface area contributed by atoms with Gasteiger partial charge in [0.2, 0.25) is 0 Å². The van der Waals surface area contributed by atoms with Gasteiger partial charge in [0.25, 0.3) is 5.56 Å². The van der Waals surface area contributed by atoms with Crippen LogP contribution in [0.4, 0.5) is 0 Å². The van der Waals surface area contributed by atoms with Crippen LogP contribution in [-0.2, 0) is 20.9 Å². The van der Waals surface area contributed by atoms with Crippen molar-refractivity contribution in [1.82, 2.24) is 4.57 Å². The van der Waals surface area contributed by atoms with Crippen LogP contribution < -0.4 is 5.56 Å². The first-order valence-electron chi connectivity index (χ1n) is 8.26. The van der Waals surface area contributed by atoms with Crippen LogP contribution in [-0.4, -0.2) is 33.3 Å². The largest absolute Gasteiger partial charge is 0.494 e. The fourth-order valence-corrected chi connectivity index (χ4v) is 3.92. The number of nitriles is 1. The quantitative estimate of drug-likeness (QED) is 0.588. The molecule has 0 amide bonds. The van der Waals surface area contributed by atoms with Crippen LogP contribution in [0.3, 0.4) is 0 Å². The van der Waals surface area contributed by atoms with E-state index in [-0.39, 0.29) is 36.4 Å². The summed E-state index contributed by atoms with van der Waals surface area (Å²) in [5.74, 6) is -3.79. The molecule has 1 saturated carbocycles. The number of nitrogens with zero attached hydrogens (tertiary/aromatic N) is 2. The molecule has 0 spiro atoms. The Labute approximate surface area is 148 Å². The third-order valence-corrected chi connectivity index (χ3v) is 5.16. The third kappa shape index (κ3) is 2.86. The molecule has 2 N–H and O–H groups in total. The lowest BCUT2D eigenvalue weighted by molar-refractivity contribution is -0.158. The van der Waals surface area contributed by atoms with Gasteiger partial charge in [0.1, 0.15) is 18.2 Å². The van der Waals surface area contributed by atoms with Crippen molar-refractivity contribution in [2.75, 3.05) is 6.61 Å². The van der Waals surface area contributed by atoms with Gasteiger partial charge in [-0.1, -0.05) is 12.2 Å². The molecule has 0 radical (unpaired) electrons. The van der Waals surface area contributed by atoms with Crippen LogP contribution >= 0.6 is 0 Å². The lowest BCUT2D eigenvalue weighted by atomic mass is 9.83. The minimum absolute atomic E-state index is 0.0849. The van der Waals surface area contributed by atoms with E-state index in [2.05, 4.69) is 0 Å². The molecule has 3 rings (SSSR count). The maximum absolute atomic E-state index is 12.4. The number of aryl methyl sites for hydroxylation is 1. The predicted molar refractivity (Wildman–Crippen MR) is 88.1 cm³/mol. The first-order valence-corrected chi connectivity index (χ1v) is 8.26. The van der Waals surface area contributed by atoms with Crippen molar-refractivity contribution < 1.29 is 24.5 Å². The van der Waals surface area contributed by atoms with Gasteiger partial charge in [0, 0.05) is 6.07 Å². The number of esters is 1. The summed E-state index contributed by atoms with van der Waals surface area (Å²) in [6.07, 6.45) is 4.31. The van der Waals surface area contributed by atoms with Crippen LogP contribution in [0.15, 0.2) is 23.0 Å². The molecule has 1 heterocycles. The minimum atomic E-state index is -1.02. The van der Waals surface area contributed by atoms with Crippen molar-refractivity contribution in [2.24, 2.45) is 23.7 Å². The molecule has 0 saturated heterocycles. The number of allylic oxidation sites excluding steroid dienone is 2. The number of hydrogen-bond donors (Lipinski definition) is 2. The number of aliphatic carboxylic acids is 1. The van der Waals surface area contributed by atoms with E-state index in [1.807, 2.05) is 12.2 Å². The highest BCUT2D eigenvalue weighted by molar-refractivity contribution is 5.83. The maximum atomic E-state index is 12.4. The molecule has 1 aromatic rings. The molecule has 0 aliphatic heterocycles. The average molecular weight is 358 g/mol. The topological polar surface area (TPSA) is 130 Å². The van der Waals surface area contributed by atoms with Gasteiger partial charge in [0.05, 0.1) is 18.4 Å². The number of ether oxygens (including phenoxy) is 1. The number of hydrogen-bond acceptors (Lipinski definition) is 6. The fourth-order valence-electron chi connectivity index (χ4n) is 3.92. The van der Waals surface area contributed by atoms with Crippen molar-refractivity contribution in [3.8, 4) is 11.9 Å². The van der Waals surface area contributed by atoms with Crippen molar-refractivity contribution in [2.45, 2.75) is 19.9 Å². The molecule has 4 atom stereocenters. The van der Waals surface area contributed by atoms with Crippen molar-refractivity contribution in [1.29, 1.82) is 5.26 Å². The van der Waals surface area contributed by atoms with E-state index < -0.39 is 29.3 Å². The SMILES string of the molecule is Cc1cc(O)n(CCOC(=O)C2C3C=CC(C3)C2C(=O)O)c(=O)c1C#N. The zero-order chi connectivity index (χ0) is 19.0. The number of carboxylic acid groups (broad SMARTS) is 1. The summed E-state index contributed by atoms with van der Waals surface area (Å²) < 4.78 is 6.14. The Kier molecular flexibility index (Phi) is 4.55. The molecule has 8 nitrogen and oxygen atoms in total. The molecule has 1 fully saturated rings. The van der Waals surface area contributed by atoms with Crippen molar-refractivity contribution >= 4 is 11.9 Å². The van der Waals surface area contributed by atoms with E-state index in [1.54, 1.807) is 13.0 Å². The highest BCUT2D eigenvalue weighted by Gasteiger charge is 2.52. The molecular formula is C18H18N2O6. The number of fused-ring (bicyclic) bond motifs is 2. The lowest BCUT2D eigenvalue weighted by Crippen LogP contribution is -2.35. The Bertz CT molecular complexity index is 894. The third-order valence-electron chi connectivity index (χ3n) is 5.16. The molecule has 2 aliphatic rings. The molecule has 4 unspecified atom stereocenters. The normalized spacial score (nSPS) is 25.8. The van der Waals surface area contributed by atoms with Gasteiger partial charge in [-0.25, -0.2) is 0 Å². The predicted octanol–water partition coefficient (Wildman–Crippen LogP) is 0.800. The molecule has 26 heavy (non-hydrogen) atoms. The van der Waals surface area contributed by atoms with Gasteiger partial charge in [-0.2, -0.15) is 5.26 Å². The summed E-state index contributed by atoms with van der Waals surface area (Å²) in [6.45, 7) is 1.21. The fraction of sp³-hybridized carbons (Fsp3) is 0.444. The highest BCUT2D eigenvalue weighted by atomic mass is 16.5. The zero-order valence-electron chi connectivity index (χ0n) is 14.1. The van der Waals surface area contributed by atoms with Gasteiger partial charge >= 0.3 is 11.9 Å². The van der Waals surface area contributed by atoms with Gasteiger partial charge in [-0.05, 0) is 30.7 Å². The molecule has 2 bridgehead atoms. The second-order valence-electron chi connectivity index (χ2n) is 6.63. The second kappa shape index (κ2) is 6.67. The van der Waals surface area contributed by atoms with Gasteiger partial charge in [-0.15, -0.1) is 0 Å². The molecule has 136 valence electrons. The van der Waals surface area contributed by atoms with Gasteiger partial charge in [0.15, 0.2) is 5.88 Å². The van der Waals surface area contributed by atoms with Crippen molar-refractivity contribution in [3.05, 3.63) is 39.7 Å². The first kappa shape index (κ1) is 17.7. The van der Waals surface area contributed by atoms with E-state index in [9.17, 15) is 24.6 Å². The van der Waals surface area contributed by atoms with Crippen LogP contribution in [0.25, 0.3) is 0 Å². The van der Waals surface area contributed by atoms with Gasteiger partial charge < -0.3 is 14.9 Å². The summed E-state index contributed by atoms with van der Waals surface area (Å²) >= 11 is 0. The number of carbonyl (C=O) groups excluding carboxylic acids is 1. The van der Waals surface area contributed by atoms with E-state index in [0.717, 1.165) is 4.57 Å². The van der Waals surface area contributed by atoms with Crippen LogP contribution in [0.1, 0.15) is 17.5 Å². The summed E-state index contributed by atoms with van der Waals surface area (Å²) in [4.78, 5) is 36.0. The zero-order valence-corrected chi connectivity index (χ0v) is 14.1. The number of carbonyl (C=O) groups is 2. The summed E-state index contributed by atoms with van der Waals surface area (Å²) in [5, 5.41) is 28.3. The maximum Gasteiger partial charge on any atom is 0.310 e. The van der Waals surface area contributed by atoms with E-state index in [4.69, 9.17) is 10.00 Å². The summed E-state index contributed by atoms with van der Waals surface area (Å²) in [7, 11) is 0. The minimum Gasteiger partial charge on any atom is -0.494 e. The Morgan fingerprint density at radius 2 is 2.00 bits per heavy atom. The van der Waals surface area contributed by atoms with E-state index in [0.29, 0.717) is 12.0 Å². The summed E-state index contributed by atoms with van der Waals surface area (Å²) in [5.41, 5.74) is -0.382. The number of pyridine rings is 1. The monoisotopic (exact) mass is 358 g/mol. The highest BCUT2D eigenvalue weighted by Crippen LogP contribution is 2.48. The van der Waals surface area contributed by atoms with Crippen LogP contribution in [0.2, 0.25) is 0 Å². The van der Waals surface area contributed by atoms with Crippen LogP contribution in [0, 0.1) is 41.9 Å². The number of aromatic hydroxyl groups is 1.